The van der Waals surface area contributed by atoms with Crippen LogP contribution in [0.15, 0.2) is 58.3 Å². The predicted molar refractivity (Wildman–Crippen MR) is 138 cm³/mol. The van der Waals surface area contributed by atoms with Crippen LogP contribution in [0.3, 0.4) is 0 Å². The quantitative estimate of drug-likeness (QED) is 0.0800. The van der Waals surface area contributed by atoms with E-state index < -0.39 is 104 Å². The van der Waals surface area contributed by atoms with Gasteiger partial charge in [0.25, 0.3) is 10.1 Å². The van der Waals surface area contributed by atoms with Crippen molar-refractivity contribution in [3.05, 3.63) is 76.3 Å². The van der Waals surface area contributed by atoms with E-state index in [1.165, 1.54) is 24.3 Å². The van der Waals surface area contributed by atoms with E-state index in [9.17, 15) is 49.3 Å². The molecule has 216 valence electrons. The smallest absolute Gasteiger partial charge is 0.545 e. The summed E-state index contributed by atoms with van der Waals surface area (Å²) in [4.78, 5) is 37.0. The van der Waals surface area contributed by atoms with Gasteiger partial charge in [0.15, 0.2) is 21.4 Å². The molecule has 15 nitrogen and oxygen atoms in total. The molecule has 0 saturated carbocycles. The average Bonchev–Trinajstić information content (AvgIpc) is 2.86. The topological polar surface area (TPSA) is 264 Å². The molecule has 0 heterocycles. The van der Waals surface area contributed by atoms with Gasteiger partial charge in [-0.1, -0.05) is 24.3 Å². The Morgan fingerprint density at radius 3 is 1.98 bits per heavy atom. The minimum absolute atomic E-state index is 0. The number of carboxylic acid groups (broad SMARTS) is 1. The van der Waals surface area contributed by atoms with Crippen LogP contribution in [0.5, 0.6) is 0 Å². The van der Waals surface area contributed by atoms with Crippen LogP contribution in [-0.4, -0.2) is 64.3 Å². The maximum absolute atomic E-state index is 13.5. The van der Waals surface area contributed by atoms with Crippen molar-refractivity contribution in [2.75, 3.05) is 23.4 Å². The van der Waals surface area contributed by atoms with Crippen molar-refractivity contribution in [3.63, 3.8) is 0 Å². The van der Waals surface area contributed by atoms with Gasteiger partial charge in [-0.2, -0.15) is 16.8 Å². The van der Waals surface area contributed by atoms with Crippen molar-refractivity contribution >= 4 is 65.0 Å². The maximum Gasteiger partial charge on any atom is 1.00 e. The summed E-state index contributed by atoms with van der Waals surface area (Å²) in [5.74, 6) is -4.52. The van der Waals surface area contributed by atoms with E-state index in [2.05, 4.69) is 9.50 Å². The number of hydrogen-bond acceptors (Lipinski definition) is 13. The number of sulfone groups is 1. The SMILES string of the molecule is Nc1c(S(=O)(=O)O)cc(Nc2cc(S(=O)(=O)CCOS(=O)(=O)O)ccc2C(=O)[O-])c2c1C(=O)c1ccccc1C2=O.[Na+]. The fourth-order valence-electron chi connectivity index (χ4n) is 4.12. The van der Waals surface area contributed by atoms with Crippen LogP contribution in [-0.2, 0) is 34.5 Å². The monoisotopic (exact) mass is 648 g/mol. The van der Waals surface area contributed by atoms with Crippen LogP contribution in [0.25, 0.3) is 0 Å². The third-order valence-corrected chi connectivity index (χ3v) is 8.94. The van der Waals surface area contributed by atoms with Gasteiger partial charge in [0.1, 0.15) is 4.90 Å². The fraction of sp³-hybridized carbons (Fsp3) is 0.0870. The molecular formula is C23H17N2NaO13S3. The van der Waals surface area contributed by atoms with Crippen molar-refractivity contribution in [1.82, 2.24) is 0 Å². The van der Waals surface area contributed by atoms with E-state index >= 15 is 0 Å². The molecule has 0 aromatic heterocycles. The molecule has 0 atom stereocenters. The molecule has 0 saturated heterocycles. The van der Waals surface area contributed by atoms with Gasteiger partial charge in [0, 0.05) is 22.4 Å². The summed E-state index contributed by atoms with van der Waals surface area (Å²) < 4.78 is 93.5. The van der Waals surface area contributed by atoms with E-state index in [1.54, 1.807) is 0 Å². The number of carbonyl (C=O) groups excluding carboxylic acids is 3. The zero-order chi connectivity index (χ0) is 30.5. The minimum Gasteiger partial charge on any atom is -0.545 e. The second kappa shape index (κ2) is 11.8. The van der Waals surface area contributed by atoms with Gasteiger partial charge in [0.05, 0.1) is 45.7 Å². The van der Waals surface area contributed by atoms with Gasteiger partial charge in [-0.25, -0.2) is 12.6 Å². The first kappa shape index (κ1) is 33.3. The van der Waals surface area contributed by atoms with E-state index in [0.717, 1.165) is 18.2 Å². The summed E-state index contributed by atoms with van der Waals surface area (Å²) in [6.45, 7) is -0.995. The molecule has 3 aromatic carbocycles. The Labute approximate surface area is 260 Å². The minimum atomic E-state index is -5.12. The van der Waals surface area contributed by atoms with Crippen LogP contribution >= 0.6 is 0 Å². The average molecular weight is 649 g/mol. The molecule has 1 aliphatic rings. The third-order valence-electron chi connectivity index (χ3n) is 5.90. The van der Waals surface area contributed by atoms with E-state index in [-0.39, 0.29) is 40.7 Å². The molecule has 0 spiro atoms. The van der Waals surface area contributed by atoms with E-state index in [4.69, 9.17) is 10.3 Å². The van der Waals surface area contributed by atoms with Crippen LogP contribution in [0.2, 0.25) is 0 Å². The number of nitrogens with two attached hydrogens (primary N) is 1. The van der Waals surface area contributed by atoms with Crippen molar-refractivity contribution in [3.8, 4) is 0 Å². The first-order valence-corrected chi connectivity index (χ1v) is 15.5. The molecule has 19 heteroatoms. The van der Waals surface area contributed by atoms with Gasteiger partial charge in [-0.3, -0.25) is 18.7 Å². The molecular weight excluding hydrogens is 631 g/mol. The molecule has 0 amide bonds. The number of ketones is 2. The van der Waals surface area contributed by atoms with Crippen molar-refractivity contribution in [1.29, 1.82) is 0 Å². The van der Waals surface area contributed by atoms with Gasteiger partial charge in [0.2, 0.25) is 0 Å². The molecule has 4 rings (SSSR count). The number of benzene rings is 3. The summed E-state index contributed by atoms with van der Waals surface area (Å²) in [6.07, 6.45) is 0. The Morgan fingerprint density at radius 1 is 0.881 bits per heavy atom. The largest absolute Gasteiger partial charge is 1.00 e. The Kier molecular flexibility index (Phi) is 9.38. The molecule has 0 aliphatic heterocycles. The van der Waals surface area contributed by atoms with Crippen LogP contribution < -0.4 is 45.7 Å². The third kappa shape index (κ3) is 6.56. The Morgan fingerprint density at radius 2 is 1.45 bits per heavy atom. The number of nitrogens with one attached hydrogen (secondary N) is 1. The standard InChI is InChI=1S/C23H18N2O13S3.Na/c24-20-17(40(32,33)34)10-16(18-19(20)22(27)13-4-2-1-3-12(13)21(18)26)25-15-9-11(5-6-14(15)23(28)29)39(30,31)8-7-38-41(35,36)37;/h1-6,9-10,25H,7-8,24H2,(H,28,29)(H,32,33,34)(H,35,36,37);/q;+1/p-1. The van der Waals surface area contributed by atoms with Crippen LogP contribution in [0.4, 0.5) is 17.1 Å². The Bertz CT molecular complexity index is 1990. The predicted octanol–water partition coefficient (Wildman–Crippen LogP) is -3.00. The van der Waals surface area contributed by atoms with Crippen LogP contribution in [0.1, 0.15) is 42.2 Å². The second-order valence-electron chi connectivity index (χ2n) is 8.45. The number of rotatable bonds is 9. The number of carboxylic acids is 1. The summed E-state index contributed by atoms with van der Waals surface area (Å²) in [5.41, 5.74) is 2.08. The van der Waals surface area contributed by atoms with Gasteiger partial charge >= 0.3 is 40.0 Å². The molecule has 1 aliphatic carbocycles. The number of nitrogen functional groups attached to an aromatic ring is 1. The Hall–Kier alpha value is -3.20. The number of hydrogen-bond donors (Lipinski definition) is 4. The molecule has 0 unspecified atom stereocenters. The van der Waals surface area contributed by atoms with Crippen LogP contribution in [0, 0.1) is 0 Å². The molecule has 0 fully saturated rings. The summed E-state index contributed by atoms with van der Waals surface area (Å²) >= 11 is 0. The fourth-order valence-corrected chi connectivity index (χ4v) is 6.27. The number of anilines is 3. The first-order chi connectivity index (χ1) is 18.9. The number of aromatic carboxylic acids is 1. The van der Waals surface area contributed by atoms with Gasteiger partial charge in [-0.15, -0.1) is 0 Å². The summed E-state index contributed by atoms with van der Waals surface area (Å²) in [5, 5.41) is 14.3. The van der Waals surface area contributed by atoms with E-state index in [1.807, 2.05) is 0 Å². The van der Waals surface area contributed by atoms with Crippen molar-refractivity contribution < 1.29 is 87.6 Å². The molecule has 0 radical (unpaired) electrons. The number of fused-ring (bicyclic) bond motifs is 2. The Balaban J connectivity index is 0.00000484. The van der Waals surface area contributed by atoms with E-state index in [0.29, 0.717) is 6.07 Å². The summed E-state index contributed by atoms with van der Waals surface area (Å²) in [7, 11) is -14.5. The normalized spacial score (nSPS) is 13.1. The zero-order valence-corrected chi connectivity index (χ0v) is 25.7. The van der Waals surface area contributed by atoms with Gasteiger partial charge < -0.3 is 21.0 Å². The van der Waals surface area contributed by atoms with Crippen molar-refractivity contribution in [2.24, 2.45) is 0 Å². The van der Waals surface area contributed by atoms with Crippen molar-refractivity contribution in [2.45, 2.75) is 9.79 Å². The number of carbonyl (C=O) groups is 3. The maximum atomic E-state index is 13.5. The molecule has 42 heavy (non-hydrogen) atoms. The first-order valence-electron chi connectivity index (χ1n) is 11.0. The molecule has 5 N–H and O–H groups in total. The second-order valence-corrected chi connectivity index (χ2v) is 13.0. The van der Waals surface area contributed by atoms with Gasteiger partial charge in [-0.05, 0) is 24.3 Å². The molecule has 3 aromatic rings. The zero-order valence-electron chi connectivity index (χ0n) is 21.2. The summed E-state index contributed by atoms with van der Waals surface area (Å²) in [6, 6.07) is 8.55. The molecule has 0 bridgehead atoms.